The third kappa shape index (κ3) is 4.40. The van der Waals surface area contributed by atoms with Gasteiger partial charge in [-0.2, -0.15) is 0 Å². The van der Waals surface area contributed by atoms with Crippen molar-refractivity contribution in [3.63, 3.8) is 0 Å². The maximum atomic E-state index is 12.9. The number of urea groups is 1. The molecule has 0 saturated heterocycles. The van der Waals surface area contributed by atoms with E-state index in [9.17, 15) is 18.3 Å². The van der Waals surface area contributed by atoms with Crippen LogP contribution in [-0.4, -0.2) is 19.6 Å². The number of benzene rings is 1. The van der Waals surface area contributed by atoms with E-state index in [1.165, 1.54) is 38.3 Å². The lowest BCUT2D eigenvalue weighted by Gasteiger charge is -2.20. The quantitative estimate of drug-likeness (QED) is 0.512. The SMILES string of the molecule is [C-]#[N+]c1cc(C(C)(C)O)sc1S(=O)(=O)NC(=O)Nc1c([C@@H](C)C2CC2)ccc2c1CCC2. The number of hydrogen-bond acceptors (Lipinski definition) is 5. The molecule has 2 aromatic rings. The van der Waals surface area contributed by atoms with Crippen LogP contribution in [0.3, 0.4) is 0 Å². The molecule has 1 saturated carbocycles. The number of carbonyl (C=O) groups is 1. The van der Waals surface area contributed by atoms with Gasteiger partial charge >= 0.3 is 6.03 Å². The lowest BCUT2D eigenvalue weighted by atomic mass is 9.91. The number of sulfonamides is 1. The highest BCUT2D eigenvalue weighted by Crippen LogP contribution is 2.46. The Balaban J connectivity index is 1.62. The molecule has 32 heavy (non-hydrogen) atoms. The number of carbonyl (C=O) groups excluding carboxylic acids is 1. The van der Waals surface area contributed by atoms with Crippen molar-refractivity contribution in [3.05, 3.63) is 51.2 Å². The molecule has 170 valence electrons. The van der Waals surface area contributed by atoms with Gasteiger partial charge in [0.15, 0.2) is 0 Å². The van der Waals surface area contributed by atoms with Crippen LogP contribution in [0.2, 0.25) is 0 Å². The zero-order valence-corrected chi connectivity index (χ0v) is 20.0. The van der Waals surface area contributed by atoms with Gasteiger partial charge in [0.25, 0.3) is 10.0 Å². The van der Waals surface area contributed by atoms with E-state index < -0.39 is 21.7 Å². The van der Waals surface area contributed by atoms with Crippen LogP contribution in [0.25, 0.3) is 4.85 Å². The normalized spacial score (nSPS) is 16.8. The van der Waals surface area contributed by atoms with Crippen molar-refractivity contribution >= 4 is 38.8 Å². The summed E-state index contributed by atoms with van der Waals surface area (Å²) in [7, 11) is -4.28. The van der Waals surface area contributed by atoms with Gasteiger partial charge in [-0.05, 0) is 80.5 Å². The van der Waals surface area contributed by atoms with E-state index in [0.29, 0.717) is 10.8 Å². The maximum Gasteiger partial charge on any atom is 0.333 e. The summed E-state index contributed by atoms with van der Waals surface area (Å²) in [5.74, 6) is 0.877. The monoisotopic (exact) mass is 473 g/mol. The van der Waals surface area contributed by atoms with Crippen LogP contribution in [-0.2, 0) is 28.5 Å². The average molecular weight is 474 g/mol. The molecule has 9 heteroatoms. The smallest absolute Gasteiger partial charge is 0.333 e. The van der Waals surface area contributed by atoms with Crippen molar-refractivity contribution in [3.8, 4) is 0 Å². The predicted molar refractivity (Wildman–Crippen MR) is 125 cm³/mol. The summed E-state index contributed by atoms with van der Waals surface area (Å²) >= 11 is 0.792. The molecular weight excluding hydrogens is 446 g/mol. The summed E-state index contributed by atoms with van der Waals surface area (Å²) in [4.78, 5) is 16.5. The highest BCUT2D eigenvalue weighted by Gasteiger charge is 2.33. The molecular formula is C23H27N3O4S2. The summed E-state index contributed by atoms with van der Waals surface area (Å²) < 4.78 is 27.7. The van der Waals surface area contributed by atoms with E-state index in [4.69, 9.17) is 6.57 Å². The van der Waals surface area contributed by atoms with Crippen LogP contribution in [0.5, 0.6) is 0 Å². The molecule has 7 nitrogen and oxygen atoms in total. The topological polar surface area (TPSA) is 99.9 Å². The molecule has 0 bridgehead atoms. The molecule has 4 rings (SSSR count). The Morgan fingerprint density at radius 3 is 2.66 bits per heavy atom. The number of fused-ring (bicyclic) bond motifs is 1. The van der Waals surface area contributed by atoms with Crippen LogP contribution in [0, 0.1) is 12.5 Å². The number of anilines is 1. The second-order valence-electron chi connectivity index (χ2n) is 9.16. The minimum absolute atomic E-state index is 0.115. The van der Waals surface area contributed by atoms with E-state index in [1.807, 2.05) is 0 Å². The van der Waals surface area contributed by atoms with Crippen molar-refractivity contribution in [2.45, 2.75) is 68.6 Å². The third-order valence-corrected chi connectivity index (χ3v) is 9.54. The average Bonchev–Trinajstić information content (AvgIpc) is 3.25. The molecule has 1 heterocycles. The molecule has 0 unspecified atom stereocenters. The number of aliphatic hydroxyl groups is 1. The standard InChI is InChI=1S/C23H27N3O4S2/c1-13(14-8-9-14)16-11-10-15-6-5-7-17(15)20(16)25-22(27)26-32(29,30)21-18(24-4)12-19(31-21)23(2,3)28/h10-14,28H,5-9H2,1-3H3,(H2,25,26,27)/t13-/m0/s1. The summed E-state index contributed by atoms with van der Waals surface area (Å²) in [6.45, 7) is 12.5. The number of rotatable bonds is 6. The van der Waals surface area contributed by atoms with E-state index in [-0.39, 0.29) is 15.8 Å². The minimum Gasteiger partial charge on any atom is -0.385 e. The van der Waals surface area contributed by atoms with Gasteiger partial charge in [0.05, 0.1) is 12.2 Å². The predicted octanol–water partition coefficient (Wildman–Crippen LogP) is 5.04. The zero-order chi connectivity index (χ0) is 23.3. The van der Waals surface area contributed by atoms with Gasteiger partial charge in [0, 0.05) is 10.6 Å². The van der Waals surface area contributed by atoms with Gasteiger partial charge in [-0.3, -0.25) is 0 Å². The Hall–Kier alpha value is -2.41. The number of nitrogens with zero attached hydrogens (tertiary/aromatic N) is 1. The minimum atomic E-state index is -4.28. The van der Waals surface area contributed by atoms with Gasteiger partial charge in [-0.25, -0.2) is 22.8 Å². The maximum absolute atomic E-state index is 12.9. The van der Waals surface area contributed by atoms with E-state index in [0.717, 1.165) is 47.4 Å². The van der Waals surface area contributed by atoms with Crippen LogP contribution >= 0.6 is 11.3 Å². The van der Waals surface area contributed by atoms with Gasteiger partial charge in [0.2, 0.25) is 5.69 Å². The summed E-state index contributed by atoms with van der Waals surface area (Å²) in [5.41, 5.74) is 2.64. The van der Waals surface area contributed by atoms with Crippen molar-refractivity contribution in [1.82, 2.24) is 4.72 Å². The lowest BCUT2D eigenvalue weighted by Crippen LogP contribution is -2.34. The molecule has 1 aromatic heterocycles. The lowest BCUT2D eigenvalue weighted by molar-refractivity contribution is 0.0826. The van der Waals surface area contributed by atoms with Gasteiger partial charge < -0.3 is 10.4 Å². The fraction of sp³-hybridized carbons (Fsp3) is 0.478. The summed E-state index contributed by atoms with van der Waals surface area (Å²) in [5, 5.41) is 13.0. The fourth-order valence-corrected chi connectivity index (χ4v) is 6.74. The molecule has 1 atom stereocenters. The Labute approximate surface area is 192 Å². The molecule has 2 aliphatic carbocycles. The van der Waals surface area contributed by atoms with Gasteiger partial charge in [-0.15, -0.1) is 11.3 Å². The second-order valence-corrected chi connectivity index (χ2v) is 12.1. The van der Waals surface area contributed by atoms with Crippen LogP contribution in [0.1, 0.15) is 67.5 Å². The molecule has 2 amide bonds. The fourth-order valence-electron chi connectivity index (χ4n) is 4.31. The first-order chi connectivity index (χ1) is 15.0. The Kier molecular flexibility index (Phi) is 5.82. The van der Waals surface area contributed by atoms with E-state index >= 15 is 0 Å². The van der Waals surface area contributed by atoms with Gasteiger partial charge in [0.1, 0.15) is 4.21 Å². The molecule has 1 aromatic carbocycles. The van der Waals surface area contributed by atoms with Crippen LogP contribution in [0.15, 0.2) is 22.4 Å². The van der Waals surface area contributed by atoms with E-state index in [2.05, 4.69) is 33.9 Å². The highest BCUT2D eigenvalue weighted by molar-refractivity contribution is 7.92. The highest BCUT2D eigenvalue weighted by atomic mass is 32.2. The molecule has 0 spiro atoms. The largest absolute Gasteiger partial charge is 0.385 e. The number of aryl methyl sites for hydroxylation is 1. The second kappa shape index (κ2) is 8.18. The van der Waals surface area contributed by atoms with Crippen molar-refractivity contribution in [1.29, 1.82) is 0 Å². The number of thiophene rings is 1. The van der Waals surface area contributed by atoms with Crippen LogP contribution in [0.4, 0.5) is 16.2 Å². The first-order valence-electron chi connectivity index (χ1n) is 10.7. The van der Waals surface area contributed by atoms with Crippen molar-refractivity contribution in [2.24, 2.45) is 5.92 Å². The van der Waals surface area contributed by atoms with Crippen LogP contribution < -0.4 is 10.0 Å². The van der Waals surface area contributed by atoms with E-state index in [1.54, 1.807) is 0 Å². The molecule has 0 aliphatic heterocycles. The van der Waals surface area contributed by atoms with Gasteiger partial charge in [-0.1, -0.05) is 19.1 Å². The number of amides is 2. The zero-order valence-electron chi connectivity index (χ0n) is 18.4. The third-order valence-electron chi connectivity index (χ3n) is 6.25. The molecule has 3 N–H and O–H groups in total. The first-order valence-corrected chi connectivity index (χ1v) is 13.0. The summed E-state index contributed by atoms with van der Waals surface area (Å²) in [6.07, 6.45) is 5.14. The van der Waals surface area contributed by atoms with Crippen molar-refractivity contribution < 1.29 is 18.3 Å². The van der Waals surface area contributed by atoms with Crippen molar-refractivity contribution in [2.75, 3.05) is 5.32 Å². The number of hydrogen-bond donors (Lipinski definition) is 3. The Bertz CT molecular complexity index is 1220. The number of nitrogens with one attached hydrogen (secondary N) is 2. The Morgan fingerprint density at radius 1 is 1.31 bits per heavy atom. The Morgan fingerprint density at radius 2 is 2.03 bits per heavy atom. The molecule has 0 radical (unpaired) electrons. The molecule has 1 fully saturated rings. The summed E-state index contributed by atoms with van der Waals surface area (Å²) in [6, 6.07) is 4.69. The first kappa shape index (κ1) is 22.8. The molecule has 2 aliphatic rings.